The molecule has 0 spiro atoms. The SMILES string of the molecule is C=CC(=O)OCCC[N+](C)(C)CC(=O)O. The number of hydrogen-bond donors (Lipinski definition) is 1. The molecule has 0 aromatic heterocycles. The van der Waals surface area contributed by atoms with Gasteiger partial charge in [-0.2, -0.15) is 0 Å². The predicted octanol–water partition coefficient (Wildman–Crippen LogP) is 0.267. The van der Waals surface area contributed by atoms with Gasteiger partial charge < -0.3 is 14.3 Å². The van der Waals surface area contributed by atoms with E-state index >= 15 is 0 Å². The third kappa shape index (κ3) is 7.69. The molecular weight excluding hydrogens is 198 g/mol. The normalized spacial score (nSPS) is 10.8. The van der Waals surface area contributed by atoms with E-state index in [1.807, 2.05) is 14.1 Å². The lowest BCUT2D eigenvalue weighted by molar-refractivity contribution is -0.883. The van der Waals surface area contributed by atoms with E-state index in [0.29, 0.717) is 24.1 Å². The number of carboxylic acid groups (broad SMARTS) is 1. The van der Waals surface area contributed by atoms with Gasteiger partial charge in [0.1, 0.15) is 0 Å². The number of carboxylic acids is 1. The fourth-order valence-electron chi connectivity index (χ4n) is 1.17. The molecule has 0 aromatic rings. The summed E-state index contributed by atoms with van der Waals surface area (Å²) < 4.78 is 5.15. The Bertz CT molecular complexity index is 248. The van der Waals surface area contributed by atoms with E-state index in [9.17, 15) is 9.59 Å². The van der Waals surface area contributed by atoms with Crippen LogP contribution in [0.2, 0.25) is 0 Å². The van der Waals surface area contributed by atoms with Crippen LogP contribution in [0.4, 0.5) is 0 Å². The molecule has 0 atom stereocenters. The zero-order valence-corrected chi connectivity index (χ0v) is 9.23. The van der Waals surface area contributed by atoms with Crippen LogP contribution in [0.15, 0.2) is 12.7 Å². The van der Waals surface area contributed by atoms with Crippen molar-refractivity contribution in [3.63, 3.8) is 0 Å². The molecule has 0 aliphatic rings. The quantitative estimate of drug-likeness (QED) is 0.287. The molecule has 0 fully saturated rings. The van der Waals surface area contributed by atoms with E-state index in [4.69, 9.17) is 9.84 Å². The number of esters is 1. The van der Waals surface area contributed by atoms with Crippen LogP contribution in [0.5, 0.6) is 0 Å². The summed E-state index contributed by atoms with van der Waals surface area (Å²) >= 11 is 0. The Balaban J connectivity index is 3.70. The van der Waals surface area contributed by atoms with Crippen molar-refractivity contribution in [2.45, 2.75) is 6.42 Å². The Morgan fingerprint density at radius 2 is 2.07 bits per heavy atom. The summed E-state index contributed by atoms with van der Waals surface area (Å²) in [6.45, 7) is 4.28. The number of rotatable bonds is 7. The summed E-state index contributed by atoms with van der Waals surface area (Å²) in [5, 5.41) is 8.62. The molecule has 0 heterocycles. The molecule has 0 saturated heterocycles. The number of nitrogens with zero attached hydrogens (tertiary/aromatic N) is 1. The molecule has 0 unspecified atom stereocenters. The van der Waals surface area contributed by atoms with Crippen molar-refractivity contribution in [3.8, 4) is 0 Å². The maximum absolute atomic E-state index is 10.7. The number of quaternary nitrogens is 1. The van der Waals surface area contributed by atoms with Crippen LogP contribution in [0.3, 0.4) is 0 Å². The average Bonchev–Trinajstić information content (AvgIpc) is 2.10. The van der Waals surface area contributed by atoms with Gasteiger partial charge in [0, 0.05) is 12.5 Å². The predicted molar refractivity (Wildman–Crippen MR) is 55.3 cm³/mol. The van der Waals surface area contributed by atoms with Crippen molar-refractivity contribution in [2.75, 3.05) is 33.8 Å². The second-order valence-electron chi connectivity index (χ2n) is 3.94. The molecule has 0 saturated carbocycles. The smallest absolute Gasteiger partial charge is 0.359 e. The summed E-state index contributed by atoms with van der Waals surface area (Å²) in [6.07, 6.45) is 1.75. The Kier molecular flexibility index (Phi) is 5.62. The number of likely N-dealkylation sites (N-methyl/N-ethyl adjacent to an activating group) is 1. The number of aliphatic carboxylic acids is 1. The van der Waals surface area contributed by atoms with Crippen molar-refractivity contribution >= 4 is 11.9 Å². The first-order valence-corrected chi connectivity index (χ1v) is 4.70. The summed E-state index contributed by atoms with van der Waals surface area (Å²) in [7, 11) is 3.65. The highest BCUT2D eigenvalue weighted by Gasteiger charge is 2.18. The van der Waals surface area contributed by atoms with Gasteiger partial charge in [-0.25, -0.2) is 9.59 Å². The van der Waals surface area contributed by atoms with Crippen LogP contribution in [0, 0.1) is 0 Å². The van der Waals surface area contributed by atoms with Crippen LogP contribution in [-0.2, 0) is 14.3 Å². The van der Waals surface area contributed by atoms with Crippen molar-refractivity contribution in [3.05, 3.63) is 12.7 Å². The molecule has 86 valence electrons. The lowest BCUT2D eigenvalue weighted by Crippen LogP contribution is -2.44. The van der Waals surface area contributed by atoms with Crippen molar-refractivity contribution in [2.24, 2.45) is 0 Å². The van der Waals surface area contributed by atoms with Crippen LogP contribution < -0.4 is 0 Å². The second kappa shape index (κ2) is 6.19. The lowest BCUT2D eigenvalue weighted by atomic mass is 10.3. The highest BCUT2D eigenvalue weighted by molar-refractivity contribution is 5.81. The Morgan fingerprint density at radius 1 is 1.47 bits per heavy atom. The lowest BCUT2D eigenvalue weighted by Gasteiger charge is -2.27. The minimum atomic E-state index is -0.830. The monoisotopic (exact) mass is 216 g/mol. The Labute approximate surface area is 89.5 Å². The van der Waals surface area contributed by atoms with Gasteiger partial charge in [-0.15, -0.1) is 0 Å². The molecule has 0 radical (unpaired) electrons. The number of ether oxygens (including phenoxy) is 1. The molecule has 0 aromatic carbocycles. The van der Waals surface area contributed by atoms with Crippen LogP contribution >= 0.6 is 0 Å². The summed E-state index contributed by atoms with van der Waals surface area (Å²) in [6, 6.07) is 0. The maximum atomic E-state index is 10.7. The average molecular weight is 216 g/mol. The first kappa shape index (κ1) is 13.6. The van der Waals surface area contributed by atoms with Crippen LogP contribution in [0.1, 0.15) is 6.42 Å². The number of carbonyl (C=O) groups excluding carboxylic acids is 1. The maximum Gasteiger partial charge on any atom is 0.359 e. The van der Waals surface area contributed by atoms with Gasteiger partial charge in [0.2, 0.25) is 0 Å². The third-order valence-electron chi connectivity index (χ3n) is 1.88. The minimum Gasteiger partial charge on any atom is -0.477 e. The van der Waals surface area contributed by atoms with Crippen molar-refractivity contribution < 1.29 is 23.9 Å². The van der Waals surface area contributed by atoms with Crippen LogP contribution in [0.25, 0.3) is 0 Å². The Morgan fingerprint density at radius 3 is 2.53 bits per heavy atom. The van der Waals surface area contributed by atoms with Crippen molar-refractivity contribution in [1.29, 1.82) is 0 Å². The molecule has 0 amide bonds. The molecule has 15 heavy (non-hydrogen) atoms. The van der Waals surface area contributed by atoms with Gasteiger partial charge in [0.15, 0.2) is 6.54 Å². The third-order valence-corrected chi connectivity index (χ3v) is 1.88. The highest BCUT2D eigenvalue weighted by Crippen LogP contribution is 1.99. The van der Waals surface area contributed by atoms with Gasteiger partial charge >= 0.3 is 11.9 Å². The van der Waals surface area contributed by atoms with Crippen LogP contribution in [-0.4, -0.2) is 55.3 Å². The van der Waals surface area contributed by atoms with E-state index in [2.05, 4.69) is 6.58 Å². The van der Waals surface area contributed by atoms with Gasteiger partial charge in [0.25, 0.3) is 0 Å². The molecule has 0 aliphatic heterocycles. The largest absolute Gasteiger partial charge is 0.477 e. The van der Waals surface area contributed by atoms with E-state index in [1.54, 1.807) is 0 Å². The van der Waals surface area contributed by atoms with Gasteiger partial charge in [-0.3, -0.25) is 0 Å². The molecule has 5 heteroatoms. The number of hydrogen-bond acceptors (Lipinski definition) is 3. The summed E-state index contributed by atoms with van der Waals surface area (Å²) in [5.74, 6) is -1.28. The summed E-state index contributed by atoms with van der Waals surface area (Å²) in [5.41, 5.74) is 0. The molecular formula is C10H18NO4+. The molecule has 5 nitrogen and oxygen atoms in total. The zero-order valence-electron chi connectivity index (χ0n) is 9.23. The highest BCUT2D eigenvalue weighted by atomic mass is 16.5. The minimum absolute atomic E-state index is 0.0649. The first-order chi connectivity index (χ1) is 6.87. The summed E-state index contributed by atoms with van der Waals surface area (Å²) in [4.78, 5) is 21.2. The molecule has 1 N–H and O–H groups in total. The fourth-order valence-corrected chi connectivity index (χ4v) is 1.17. The standard InChI is InChI=1S/C10H17NO4/c1-4-10(14)15-7-5-6-11(2,3)8-9(12)13/h4H,1,5-8H2,2-3H3/p+1. The molecule has 0 bridgehead atoms. The van der Waals surface area contributed by atoms with Gasteiger partial charge in [0.05, 0.1) is 27.2 Å². The topological polar surface area (TPSA) is 63.6 Å². The molecule has 0 rings (SSSR count). The fraction of sp³-hybridized carbons (Fsp3) is 0.600. The van der Waals surface area contributed by atoms with Gasteiger partial charge in [-0.1, -0.05) is 6.58 Å². The molecule has 0 aliphatic carbocycles. The van der Waals surface area contributed by atoms with Gasteiger partial charge in [-0.05, 0) is 0 Å². The van der Waals surface area contributed by atoms with E-state index < -0.39 is 11.9 Å². The second-order valence-corrected chi connectivity index (χ2v) is 3.94. The Hall–Kier alpha value is -1.36. The van der Waals surface area contributed by atoms with E-state index in [-0.39, 0.29) is 6.54 Å². The van der Waals surface area contributed by atoms with E-state index in [1.165, 1.54) is 0 Å². The van der Waals surface area contributed by atoms with Crippen molar-refractivity contribution in [1.82, 2.24) is 0 Å². The zero-order chi connectivity index (χ0) is 11.9. The van der Waals surface area contributed by atoms with E-state index in [0.717, 1.165) is 6.08 Å². The number of carbonyl (C=O) groups is 2. The first-order valence-electron chi connectivity index (χ1n) is 4.70.